The first-order valence-corrected chi connectivity index (χ1v) is 8.67. The third kappa shape index (κ3) is 3.84. The number of carbonyl (C=O) groups excluding carboxylic acids is 1. The van der Waals surface area contributed by atoms with Crippen molar-refractivity contribution in [2.45, 2.75) is 30.9 Å². The first-order chi connectivity index (χ1) is 10.3. The molecule has 0 unspecified atom stereocenters. The van der Waals surface area contributed by atoms with Gasteiger partial charge in [-0.2, -0.15) is 11.8 Å². The summed E-state index contributed by atoms with van der Waals surface area (Å²) in [6.07, 6.45) is 5.39. The first kappa shape index (κ1) is 14.6. The van der Waals surface area contributed by atoms with E-state index in [1.807, 2.05) is 11.8 Å². The van der Waals surface area contributed by atoms with Crippen LogP contribution in [0.2, 0.25) is 0 Å². The van der Waals surface area contributed by atoms with Crippen LogP contribution in [0.3, 0.4) is 0 Å². The normalized spacial score (nSPS) is 17.7. The molecular weight excluding hydrogens is 286 g/mol. The molecule has 3 rings (SSSR count). The molecule has 5 heteroatoms. The molecule has 2 aliphatic rings. The maximum Gasteiger partial charge on any atom is 0.251 e. The van der Waals surface area contributed by atoms with Gasteiger partial charge in [0, 0.05) is 23.1 Å². The average molecular weight is 307 g/mol. The van der Waals surface area contributed by atoms with E-state index >= 15 is 0 Å². The summed E-state index contributed by atoms with van der Waals surface area (Å²) < 4.78 is 11.0. The third-order valence-electron chi connectivity index (χ3n) is 3.85. The summed E-state index contributed by atoms with van der Waals surface area (Å²) in [5.41, 5.74) is 0.630. The van der Waals surface area contributed by atoms with Crippen molar-refractivity contribution >= 4 is 17.7 Å². The smallest absolute Gasteiger partial charge is 0.251 e. The van der Waals surface area contributed by atoms with Gasteiger partial charge in [0.1, 0.15) is 13.2 Å². The highest BCUT2D eigenvalue weighted by Gasteiger charge is 2.16. The van der Waals surface area contributed by atoms with E-state index in [4.69, 9.17) is 9.47 Å². The van der Waals surface area contributed by atoms with E-state index < -0.39 is 0 Å². The van der Waals surface area contributed by atoms with Gasteiger partial charge in [-0.15, -0.1) is 0 Å². The molecule has 0 aromatic heterocycles. The Kier molecular flexibility index (Phi) is 4.91. The number of benzene rings is 1. The van der Waals surface area contributed by atoms with Crippen molar-refractivity contribution in [1.29, 1.82) is 0 Å². The van der Waals surface area contributed by atoms with Gasteiger partial charge in [0.25, 0.3) is 5.91 Å². The third-order valence-corrected chi connectivity index (χ3v) is 5.23. The summed E-state index contributed by atoms with van der Waals surface area (Å²) in [5, 5.41) is 3.78. The summed E-state index contributed by atoms with van der Waals surface area (Å²) in [7, 11) is 0. The van der Waals surface area contributed by atoms with Crippen LogP contribution >= 0.6 is 11.8 Å². The highest BCUT2D eigenvalue weighted by atomic mass is 32.2. The summed E-state index contributed by atoms with van der Waals surface area (Å²) in [4.78, 5) is 12.1. The minimum atomic E-state index is -0.0426. The number of rotatable bonds is 5. The Balaban J connectivity index is 1.46. The maximum absolute atomic E-state index is 12.1. The molecule has 0 atom stereocenters. The van der Waals surface area contributed by atoms with Crippen LogP contribution in [0.1, 0.15) is 36.0 Å². The van der Waals surface area contributed by atoms with E-state index in [9.17, 15) is 4.79 Å². The van der Waals surface area contributed by atoms with E-state index in [0.29, 0.717) is 31.1 Å². The summed E-state index contributed by atoms with van der Waals surface area (Å²) >= 11 is 1.98. The van der Waals surface area contributed by atoms with Gasteiger partial charge >= 0.3 is 0 Å². The number of nitrogens with one attached hydrogen (secondary N) is 1. The number of thioether (sulfide) groups is 1. The van der Waals surface area contributed by atoms with Crippen LogP contribution in [0.15, 0.2) is 18.2 Å². The van der Waals surface area contributed by atoms with Crippen molar-refractivity contribution in [3.63, 3.8) is 0 Å². The van der Waals surface area contributed by atoms with Gasteiger partial charge in [0.05, 0.1) is 0 Å². The molecule has 21 heavy (non-hydrogen) atoms. The van der Waals surface area contributed by atoms with E-state index in [1.54, 1.807) is 18.2 Å². The Bertz CT molecular complexity index is 500. The Morgan fingerprint density at radius 1 is 1.19 bits per heavy atom. The van der Waals surface area contributed by atoms with Crippen molar-refractivity contribution in [2.24, 2.45) is 0 Å². The monoisotopic (exact) mass is 307 g/mol. The summed E-state index contributed by atoms with van der Waals surface area (Å²) in [5.74, 6) is 2.32. The van der Waals surface area contributed by atoms with Crippen molar-refractivity contribution in [1.82, 2.24) is 5.32 Å². The molecule has 1 saturated carbocycles. The van der Waals surface area contributed by atoms with E-state index in [-0.39, 0.29) is 5.91 Å². The Morgan fingerprint density at radius 3 is 2.76 bits per heavy atom. The van der Waals surface area contributed by atoms with Crippen LogP contribution < -0.4 is 14.8 Å². The van der Waals surface area contributed by atoms with Gasteiger partial charge in [0.15, 0.2) is 11.5 Å². The molecule has 1 N–H and O–H groups in total. The van der Waals surface area contributed by atoms with Crippen LogP contribution in [-0.4, -0.2) is 36.7 Å². The number of carbonyl (C=O) groups is 1. The SMILES string of the molecule is O=C(NCCSC1CCCC1)c1ccc2c(c1)OCCO2. The van der Waals surface area contributed by atoms with Crippen LogP contribution in [-0.2, 0) is 0 Å². The number of hydrogen-bond donors (Lipinski definition) is 1. The number of ether oxygens (including phenoxy) is 2. The van der Waals surface area contributed by atoms with Crippen LogP contribution in [0.5, 0.6) is 11.5 Å². The topological polar surface area (TPSA) is 47.6 Å². The lowest BCUT2D eigenvalue weighted by Crippen LogP contribution is -2.26. The molecule has 114 valence electrons. The largest absolute Gasteiger partial charge is 0.486 e. The van der Waals surface area contributed by atoms with Crippen molar-refractivity contribution < 1.29 is 14.3 Å². The predicted octanol–water partition coefficient (Wildman–Crippen LogP) is 2.86. The molecule has 1 aliphatic carbocycles. The lowest BCUT2D eigenvalue weighted by molar-refractivity contribution is 0.0955. The molecule has 1 heterocycles. The zero-order valence-corrected chi connectivity index (χ0v) is 12.9. The summed E-state index contributed by atoms with van der Waals surface area (Å²) in [6, 6.07) is 5.34. The van der Waals surface area contributed by atoms with Gasteiger partial charge in [-0.25, -0.2) is 0 Å². The number of fused-ring (bicyclic) bond motifs is 1. The molecule has 0 spiro atoms. The Hall–Kier alpha value is -1.36. The standard InChI is InChI=1S/C16H21NO3S/c18-16(17-7-10-21-13-3-1-2-4-13)12-5-6-14-15(11-12)20-9-8-19-14/h5-6,11,13H,1-4,7-10H2,(H,17,18). The fourth-order valence-corrected chi connectivity index (χ4v) is 3.95. The lowest BCUT2D eigenvalue weighted by atomic mass is 10.2. The average Bonchev–Trinajstić information content (AvgIpc) is 3.04. The second kappa shape index (κ2) is 7.07. The van der Waals surface area contributed by atoms with Gasteiger partial charge in [0.2, 0.25) is 0 Å². The van der Waals surface area contributed by atoms with Crippen molar-refractivity contribution in [3.05, 3.63) is 23.8 Å². The second-order valence-electron chi connectivity index (χ2n) is 5.39. The molecule has 1 aromatic rings. The van der Waals surface area contributed by atoms with Gasteiger partial charge in [-0.3, -0.25) is 4.79 Å². The molecule has 1 amide bonds. The van der Waals surface area contributed by atoms with Crippen molar-refractivity contribution in [2.75, 3.05) is 25.5 Å². The van der Waals surface area contributed by atoms with Crippen LogP contribution in [0.25, 0.3) is 0 Å². The zero-order chi connectivity index (χ0) is 14.5. The highest BCUT2D eigenvalue weighted by Crippen LogP contribution is 2.31. The highest BCUT2D eigenvalue weighted by molar-refractivity contribution is 7.99. The Labute approximate surface area is 129 Å². The fourth-order valence-electron chi connectivity index (χ4n) is 2.73. The Morgan fingerprint density at radius 2 is 1.95 bits per heavy atom. The van der Waals surface area contributed by atoms with Gasteiger partial charge < -0.3 is 14.8 Å². The van der Waals surface area contributed by atoms with Gasteiger partial charge in [-0.1, -0.05) is 12.8 Å². The van der Waals surface area contributed by atoms with E-state index in [2.05, 4.69) is 5.32 Å². The molecule has 1 aromatic carbocycles. The van der Waals surface area contributed by atoms with Gasteiger partial charge in [-0.05, 0) is 31.0 Å². The predicted molar refractivity (Wildman–Crippen MR) is 84.5 cm³/mol. The molecule has 0 radical (unpaired) electrons. The lowest BCUT2D eigenvalue weighted by Gasteiger charge is -2.18. The minimum absolute atomic E-state index is 0.0426. The molecule has 0 bridgehead atoms. The molecule has 4 nitrogen and oxygen atoms in total. The maximum atomic E-state index is 12.1. The molecule has 1 fully saturated rings. The zero-order valence-electron chi connectivity index (χ0n) is 12.1. The second-order valence-corrected chi connectivity index (χ2v) is 6.80. The van der Waals surface area contributed by atoms with Crippen LogP contribution in [0.4, 0.5) is 0 Å². The van der Waals surface area contributed by atoms with E-state index in [1.165, 1.54) is 25.7 Å². The molecule has 1 aliphatic heterocycles. The minimum Gasteiger partial charge on any atom is -0.486 e. The van der Waals surface area contributed by atoms with Crippen molar-refractivity contribution in [3.8, 4) is 11.5 Å². The van der Waals surface area contributed by atoms with E-state index in [0.717, 1.165) is 16.8 Å². The number of amides is 1. The van der Waals surface area contributed by atoms with Crippen LogP contribution in [0, 0.1) is 0 Å². The number of hydrogen-bond acceptors (Lipinski definition) is 4. The first-order valence-electron chi connectivity index (χ1n) is 7.62. The molecular formula is C16H21NO3S. The fraction of sp³-hybridized carbons (Fsp3) is 0.562. The molecule has 0 saturated heterocycles. The summed E-state index contributed by atoms with van der Waals surface area (Å²) in [6.45, 7) is 1.82. The quantitative estimate of drug-likeness (QED) is 0.850.